The summed E-state index contributed by atoms with van der Waals surface area (Å²) in [5.74, 6) is 2.55. The van der Waals surface area contributed by atoms with Crippen LogP contribution in [-0.4, -0.2) is 63.8 Å². The highest BCUT2D eigenvalue weighted by Gasteiger charge is 2.12. The minimum absolute atomic E-state index is 0.570. The molecule has 6 nitrogen and oxygen atoms in total. The molecule has 0 spiro atoms. The molecule has 1 rings (SSSR count). The van der Waals surface area contributed by atoms with Crippen LogP contribution >= 0.6 is 0 Å². The predicted octanol–water partition coefficient (Wildman–Crippen LogP) is 2.92. The first-order valence-electron chi connectivity index (χ1n) is 9.84. The van der Waals surface area contributed by atoms with Crippen molar-refractivity contribution in [3.8, 4) is 11.5 Å². The maximum absolute atomic E-state index is 5.44. The molecular formula is C21H38N4O2. The van der Waals surface area contributed by atoms with E-state index in [0.29, 0.717) is 12.1 Å². The molecule has 0 amide bonds. The first-order valence-corrected chi connectivity index (χ1v) is 9.84. The second-order valence-corrected chi connectivity index (χ2v) is 7.13. The lowest BCUT2D eigenvalue weighted by atomic mass is 10.1. The Hall–Kier alpha value is -1.95. The third-order valence-corrected chi connectivity index (χ3v) is 4.61. The Morgan fingerprint density at radius 1 is 1.04 bits per heavy atom. The Labute approximate surface area is 165 Å². The number of nitrogens with one attached hydrogen (secondary N) is 2. The number of benzene rings is 1. The lowest BCUT2D eigenvalue weighted by Crippen LogP contribution is -2.41. The van der Waals surface area contributed by atoms with E-state index in [1.165, 1.54) is 0 Å². The van der Waals surface area contributed by atoms with Gasteiger partial charge in [-0.1, -0.05) is 0 Å². The van der Waals surface area contributed by atoms with E-state index < -0.39 is 0 Å². The van der Waals surface area contributed by atoms with Gasteiger partial charge in [-0.2, -0.15) is 0 Å². The number of guanidine groups is 1. The van der Waals surface area contributed by atoms with Gasteiger partial charge in [-0.25, -0.2) is 0 Å². The van der Waals surface area contributed by atoms with Gasteiger partial charge in [-0.3, -0.25) is 9.89 Å². The smallest absolute Gasteiger partial charge is 0.190 e. The van der Waals surface area contributed by atoms with Crippen LogP contribution in [-0.2, 0) is 6.42 Å². The predicted molar refractivity (Wildman–Crippen MR) is 114 cm³/mol. The number of methoxy groups -OCH3 is 2. The van der Waals surface area contributed by atoms with Crippen molar-refractivity contribution in [2.75, 3.05) is 40.9 Å². The van der Waals surface area contributed by atoms with E-state index >= 15 is 0 Å². The zero-order chi connectivity index (χ0) is 20.2. The summed E-state index contributed by atoms with van der Waals surface area (Å²) in [5, 5.41) is 6.77. The number of rotatable bonds is 11. The SMILES string of the molecule is CN=C(NCCCN(C(C)C)C(C)C)NCCc1cc(OC)ccc1OC. The van der Waals surface area contributed by atoms with Gasteiger partial charge in [0, 0.05) is 38.8 Å². The molecule has 0 aromatic heterocycles. The monoisotopic (exact) mass is 378 g/mol. The van der Waals surface area contributed by atoms with Crippen LogP contribution in [0.2, 0.25) is 0 Å². The number of nitrogens with zero attached hydrogens (tertiary/aromatic N) is 2. The molecule has 0 heterocycles. The molecule has 0 atom stereocenters. The van der Waals surface area contributed by atoms with E-state index in [-0.39, 0.29) is 0 Å². The summed E-state index contributed by atoms with van der Waals surface area (Å²) in [4.78, 5) is 6.81. The number of aliphatic imine (C=N–C) groups is 1. The highest BCUT2D eigenvalue weighted by molar-refractivity contribution is 5.79. The minimum Gasteiger partial charge on any atom is -0.497 e. The third kappa shape index (κ3) is 8.08. The Balaban J connectivity index is 2.41. The van der Waals surface area contributed by atoms with Crippen molar-refractivity contribution in [2.45, 2.75) is 52.6 Å². The maximum Gasteiger partial charge on any atom is 0.190 e. The van der Waals surface area contributed by atoms with Crippen LogP contribution < -0.4 is 20.1 Å². The highest BCUT2D eigenvalue weighted by Crippen LogP contribution is 2.24. The Morgan fingerprint density at radius 3 is 2.26 bits per heavy atom. The average molecular weight is 379 g/mol. The molecule has 0 radical (unpaired) electrons. The molecule has 154 valence electrons. The summed E-state index contributed by atoms with van der Waals surface area (Å²) in [5.41, 5.74) is 1.12. The van der Waals surface area contributed by atoms with E-state index in [9.17, 15) is 0 Å². The van der Waals surface area contributed by atoms with Crippen molar-refractivity contribution < 1.29 is 9.47 Å². The lowest BCUT2D eigenvalue weighted by molar-refractivity contribution is 0.173. The molecule has 27 heavy (non-hydrogen) atoms. The van der Waals surface area contributed by atoms with E-state index in [4.69, 9.17) is 9.47 Å². The van der Waals surface area contributed by atoms with Crippen LogP contribution in [0.4, 0.5) is 0 Å². The fourth-order valence-corrected chi connectivity index (χ4v) is 3.19. The Kier molecular flexibility index (Phi) is 10.6. The zero-order valence-corrected chi connectivity index (χ0v) is 18.1. The van der Waals surface area contributed by atoms with Gasteiger partial charge in [-0.15, -0.1) is 0 Å². The average Bonchev–Trinajstić information content (AvgIpc) is 2.65. The van der Waals surface area contributed by atoms with Crippen molar-refractivity contribution in [2.24, 2.45) is 4.99 Å². The summed E-state index contributed by atoms with van der Waals surface area (Å²) in [6, 6.07) is 7.01. The first kappa shape index (κ1) is 23.1. The second-order valence-electron chi connectivity index (χ2n) is 7.13. The van der Waals surface area contributed by atoms with Crippen LogP contribution in [0.1, 0.15) is 39.7 Å². The zero-order valence-electron chi connectivity index (χ0n) is 18.1. The Bertz CT molecular complexity index is 565. The summed E-state index contributed by atoms with van der Waals surface area (Å²) in [6.45, 7) is 11.8. The minimum atomic E-state index is 0.570. The van der Waals surface area contributed by atoms with Crippen LogP contribution in [0.5, 0.6) is 11.5 Å². The number of hydrogen-bond acceptors (Lipinski definition) is 4. The molecule has 0 aliphatic carbocycles. The number of ether oxygens (including phenoxy) is 2. The van der Waals surface area contributed by atoms with Gasteiger partial charge in [0.1, 0.15) is 11.5 Å². The fourth-order valence-electron chi connectivity index (χ4n) is 3.19. The van der Waals surface area contributed by atoms with Crippen LogP contribution in [0, 0.1) is 0 Å². The molecule has 0 saturated heterocycles. The first-order chi connectivity index (χ1) is 12.9. The van der Waals surface area contributed by atoms with Gasteiger partial charge in [0.15, 0.2) is 5.96 Å². The molecule has 2 N–H and O–H groups in total. The standard InChI is InChI=1S/C21H38N4O2/c1-16(2)25(17(3)4)14-8-12-23-21(22-5)24-13-11-18-15-19(26-6)9-10-20(18)27-7/h9-10,15-17H,8,11-14H2,1-7H3,(H2,22,23,24). The number of hydrogen-bond donors (Lipinski definition) is 2. The molecule has 0 aliphatic rings. The topological polar surface area (TPSA) is 58.1 Å². The van der Waals surface area contributed by atoms with Crippen LogP contribution in [0.3, 0.4) is 0 Å². The van der Waals surface area contributed by atoms with Crippen molar-refractivity contribution in [1.82, 2.24) is 15.5 Å². The van der Waals surface area contributed by atoms with Gasteiger partial charge >= 0.3 is 0 Å². The van der Waals surface area contributed by atoms with Gasteiger partial charge in [0.05, 0.1) is 14.2 Å². The van der Waals surface area contributed by atoms with Crippen molar-refractivity contribution in [1.29, 1.82) is 0 Å². The molecule has 6 heteroatoms. The highest BCUT2D eigenvalue weighted by atomic mass is 16.5. The third-order valence-electron chi connectivity index (χ3n) is 4.61. The van der Waals surface area contributed by atoms with E-state index in [1.807, 2.05) is 18.2 Å². The quantitative estimate of drug-likeness (QED) is 0.352. The Morgan fingerprint density at radius 2 is 1.70 bits per heavy atom. The van der Waals surface area contributed by atoms with Gasteiger partial charge in [0.2, 0.25) is 0 Å². The van der Waals surface area contributed by atoms with Gasteiger partial charge in [0.25, 0.3) is 0 Å². The molecule has 1 aromatic rings. The van der Waals surface area contributed by atoms with E-state index in [2.05, 4.69) is 48.2 Å². The fraction of sp³-hybridized carbons (Fsp3) is 0.667. The normalized spacial score (nSPS) is 12.0. The maximum atomic E-state index is 5.44. The summed E-state index contributed by atoms with van der Waals surface area (Å²) >= 11 is 0. The van der Waals surface area contributed by atoms with Crippen LogP contribution in [0.15, 0.2) is 23.2 Å². The van der Waals surface area contributed by atoms with Gasteiger partial charge < -0.3 is 20.1 Å². The lowest BCUT2D eigenvalue weighted by Gasteiger charge is -2.30. The molecule has 1 aromatic carbocycles. The second kappa shape index (κ2) is 12.4. The molecular weight excluding hydrogens is 340 g/mol. The van der Waals surface area contributed by atoms with Crippen molar-refractivity contribution in [3.63, 3.8) is 0 Å². The van der Waals surface area contributed by atoms with E-state index in [1.54, 1.807) is 21.3 Å². The molecule has 0 fully saturated rings. The summed E-state index contributed by atoms with van der Waals surface area (Å²) in [7, 11) is 5.17. The van der Waals surface area contributed by atoms with Gasteiger partial charge in [-0.05, 0) is 64.3 Å². The molecule has 0 aliphatic heterocycles. The largest absolute Gasteiger partial charge is 0.497 e. The van der Waals surface area contributed by atoms with Crippen LogP contribution in [0.25, 0.3) is 0 Å². The molecule has 0 bridgehead atoms. The van der Waals surface area contributed by atoms with Crippen molar-refractivity contribution in [3.05, 3.63) is 23.8 Å². The van der Waals surface area contributed by atoms with Crippen molar-refractivity contribution >= 4 is 5.96 Å². The van der Waals surface area contributed by atoms with E-state index in [0.717, 1.165) is 55.5 Å². The molecule has 0 saturated carbocycles. The summed E-state index contributed by atoms with van der Waals surface area (Å²) < 4.78 is 10.7. The molecule has 0 unspecified atom stereocenters. The summed E-state index contributed by atoms with van der Waals surface area (Å²) in [6.07, 6.45) is 1.91.